The third kappa shape index (κ3) is 2.82. The molecule has 0 bridgehead atoms. The van der Waals surface area contributed by atoms with Crippen molar-refractivity contribution >= 4 is 34.6 Å². The first-order chi connectivity index (χ1) is 12.0. The summed E-state index contributed by atoms with van der Waals surface area (Å²) in [6, 6.07) is 12.4. The van der Waals surface area contributed by atoms with E-state index in [1.807, 2.05) is 18.2 Å². The Balaban J connectivity index is 1.87. The molecule has 1 heterocycles. The van der Waals surface area contributed by atoms with Gasteiger partial charge < -0.3 is 5.32 Å². The van der Waals surface area contributed by atoms with E-state index < -0.39 is 0 Å². The van der Waals surface area contributed by atoms with Gasteiger partial charge in [-0.1, -0.05) is 35.9 Å². The molecular formula is C22H19NO2. The number of nitrogens with one attached hydrogen (secondary N) is 1. The topological polar surface area (TPSA) is 46.2 Å². The first-order valence-electron chi connectivity index (χ1n) is 8.46. The predicted octanol–water partition coefficient (Wildman–Crippen LogP) is 4.41. The molecule has 0 aromatic heterocycles. The molecule has 1 aliphatic heterocycles. The van der Waals surface area contributed by atoms with Gasteiger partial charge in [-0.3, -0.25) is 9.59 Å². The average Bonchev–Trinajstić information content (AvgIpc) is 2.84. The first-order valence-corrected chi connectivity index (χ1v) is 8.46. The van der Waals surface area contributed by atoms with Crippen LogP contribution in [-0.4, -0.2) is 11.7 Å². The average molecular weight is 329 g/mol. The van der Waals surface area contributed by atoms with Crippen LogP contribution in [0.25, 0.3) is 17.2 Å². The number of allylic oxidation sites excluding steroid dienone is 2. The van der Waals surface area contributed by atoms with Crippen molar-refractivity contribution in [3.63, 3.8) is 0 Å². The van der Waals surface area contributed by atoms with E-state index in [9.17, 15) is 9.59 Å². The van der Waals surface area contributed by atoms with E-state index in [1.165, 1.54) is 29.2 Å². The second-order valence-corrected chi connectivity index (χ2v) is 6.77. The Morgan fingerprint density at radius 3 is 2.64 bits per heavy atom. The summed E-state index contributed by atoms with van der Waals surface area (Å²) in [4.78, 5) is 23.6. The molecule has 124 valence electrons. The monoisotopic (exact) mass is 329 g/mol. The van der Waals surface area contributed by atoms with Crippen molar-refractivity contribution in [3.05, 3.63) is 70.3 Å². The summed E-state index contributed by atoms with van der Waals surface area (Å²) >= 11 is 0. The van der Waals surface area contributed by atoms with E-state index in [0.717, 1.165) is 28.8 Å². The molecule has 1 amide bonds. The molecule has 1 aliphatic carbocycles. The van der Waals surface area contributed by atoms with Crippen LogP contribution in [-0.2, 0) is 16.0 Å². The molecule has 4 rings (SSSR count). The van der Waals surface area contributed by atoms with Gasteiger partial charge in [-0.25, -0.2) is 0 Å². The lowest BCUT2D eigenvalue weighted by Gasteiger charge is -2.11. The second kappa shape index (κ2) is 5.85. The van der Waals surface area contributed by atoms with Gasteiger partial charge in [0.25, 0.3) is 0 Å². The van der Waals surface area contributed by atoms with E-state index in [1.54, 1.807) is 6.08 Å². The molecule has 3 heteroatoms. The second-order valence-electron chi connectivity index (χ2n) is 6.77. The van der Waals surface area contributed by atoms with Gasteiger partial charge in [0.15, 0.2) is 5.78 Å². The Hall–Kier alpha value is -2.94. The summed E-state index contributed by atoms with van der Waals surface area (Å²) in [7, 11) is 0. The Bertz CT molecular complexity index is 980. The van der Waals surface area contributed by atoms with Crippen LogP contribution in [0.5, 0.6) is 0 Å². The standard InChI is InChI=1S/C22H19NO2/c1-13-3-7-16-11-18-19(17(16)9-13)12-22(25)23-21-8-6-15(10-20(18)21)5-4-14(2)24/h3-10H,11-12H2,1-2H3,(H,23,25)/b5-4-. The van der Waals surface area contributed by atoms with Crippen molar-refractivity contribution in [3.8, 4) is 0 Å². The van der Waals surface area contributed by atoms with Crippen molar-refractivity contribution in [1.82, 2.24) is 0 Å². The highest BCUT2D eigenvalue weighted by molar-refractivity contribution is 6.12. The maximum Gasteiger partial charge on any atom is 0.228 e. The van der Waals surface area contributed by atoms with Gasteiger partial charge in [0.1, 0.15) is 0 Å². The summed E-state index contributed by atoms with van der Waals surface area (Å²) in [5.41, 5.74) is 8.89. The highest BCUT2D eigenvalue weighted by Crippen LogP contribution is 2.44. The summed E-state index contributed by atoms with van der Waals surface area (Å²) in [6.45, 7) is 3.62. The van der Waals surface area contributed by atoms with Crippen LogP contribution in [0.3, 0.4) is 0 Å². The maximum absolute atomic E-state index is 12.4. The summed E-state index contributed by atoms with van der Waals surface area (Å²) < 4.78 is 0. The van der Waals surface area contributed by atoms with Crippen LogP contribution in [0.2, 0.25) is 0 Å². The minimum absolute atomic E-state index is 0.0203. The molecular weight excluding hydrogens is 310 g/mol. The molecule has 25 heavy (non-hydrogen) atoms. The number of hydrogen-bond acceptors (Lipinski definition) is 2. The van der Waals surface area contributed by atoms with E-state index in [0.29, 0.717) is 6.42 Å². The maximum atomic E-state index is 12.4. The molecule has 0 spiro atoms. The number of aryl methyl sites for hydroxylation is 1. The van der Waals surface area contributed by atoms with Crippen molar-refractivity contribution in [2.45, 2.75) is 26.7 Å². The third-order valence-electron chi connectivity index (χ3n) is 4.81. The van der Waals surface area contributed by atoms with Crippen molar-refractivity contribution in [2.24, 2.45) is 0 Å². The van der Waals surface area contributed by atoms with Gasteiger partial charge in [-0.2, -0.15) is 0 Å². The molecule has 2 aromatic rings. The number of anilines is 1. The van der Waals surface area contributed by atoms with E-state index >= 15 is 0 Å². The van der Waals surface area contributed by atoms with E-state index in [-0.39, 0.29) is 11.7 Å². The zero-order valence-electron chi connectivity index (χ0n) is 14.3. The Morgan fingerprint density at radius 2 is 1.84 bits per heavy atom. The van der Waals surface area contributed by atoms with E-state index in [2.05, 4.69) is 36.5 Å². The number of ketones is 1. The van der Waals surface area contributed by atoms with Crippen molar-refractivity contribution in [2.75, 3.05) is 5.32 Å². The fraction of sp³-hybridized carbons (Fsp3) is 0.182. The number of rotatable bonds is 2. The number of carbonyl (C=O) groups is 2. The molecule has 3 nitrogen and oxygen atoms in total. The predicted molar refractivity (Wildman–Crippen MR) is 101 cm³/mol. The smallest absolute Gasteiger partial charge is 0.228 e. The SMILES string of the molecule is CC(=O)/C=C\c1ccc2c(c1)C1=C(CC(=O)N2)c2cc(C)ccc2C1. The van der Waals surface area contributed by atoms with Gasteiger partial charge in [0.05, 0.1) is 6.42 Å². The normalized spacial score (nSPS) is 15.5. The molecule has 0 atom stereocenters. The number of benzene rings is 2. The molecule has 0 unspecified atom stereocenters. The fourth-order valence-corrected chi connectivity index (χ4v) is 3.64. The van der Waals surface area contributed by atoms with Gasteiger partial charge in [-0.05, 0) is 66.3 Å². The number of hydrogen-bond donors (Lipinski definition) is 1. The number of carbonyl (C=O) groups excluding carboxylic acids is 2. The summed E-state index contributed by atoms with van der Waals surface area (Å²) in [6.07, 6.45) is 4.63. The van der Waals surface area contributed by atoms with Crippen LogP contribution in [0.1, 0.15) is 41.2 Å². The largest absolute Gasteiger partial charge is 0.325 e. The Labute approximate surface area is 147 Å². The highest BCUT2D eigenvalue weighted by atomic mass is 16.1. The van der Waals surface area contributed by atoms with Gasteiger partial charge in [0.2, 0.25) is 5.91 Å². The van der Waals surface area contributed by atoms with Crippen LogP contribution in [0, 0.1) is 6.92 Å². The molecule has 2 aromatic carbocycles. The van der Waals surface area contributed by atoms with Crippen LogP contribution >= 0.6 is 0 Å². The lowest BCUT2D eigenvalue weighted by Crippen LogP contribution is -2.11. The van der Waals surface area contributed by atoms with Crippen LogP contribution < -0.4 is 5.32 Å². The molecule has 0 radical (unpaired) electrons. The minimum Gasteiger partial charge on any atom is -0.325 e. The molecule has 0 saturated carbocycles. The lowest BCUT2D eigenvalue weighted by atomic mass is 9.96. The van der Waals surface area contributed by atoms with Crippen LogP contribution in [0.15, 0.2) is 42.5 Å². The Morgan fingerprint density at radius 1 is 1.04 bits per heavy atom. The highest BCUT2D eigenvalue weighted by Gasteiger charge is 2.28. The van der Waals surface area contributed by atoms with Gasteiger partial charge in [-0.15, -0.1) is 0 Å². The fourth-order valence-electron chi connectivity index (χ4n) is 3.64. The van der Waals surface area contributed by atoms with Crippen molar-refractivity contribution in [1.29, 1.82) is 0 Å². The molecule has 2 aliphatic rings. The third-order valence-corrected chi connectivity index (χ3v) is 4.81. The van der Waals surface area contributed by atoms with Gasteiger partial charge in [0, 0.05) is 11.3 Å². The first kappa shape index (κ1) is 15.6. The van der Waals surface area contributed by atoms with Gasteiger partial charge >= 0.3 is 0 Å². The lowest BCUT2D eigenvalue weighted by molar-refractivity contribution is -0.115. The molecule has 0 saturated heterocycles. The number of amides is 1. The van der Waals surface area contributed by atoms with Crippen molar-refractivity contribution < 1.29 is 9.59 Å². The molecule has 1 N–H and O–H groups in total. The minimum atomic E-state index is 0.0203. The zero-order chi connectivity index (χ0) is 17.6. The van der Waals surface area contributed by atoms with E-state index in [4.69, 9.17) is 0 Å². The zero-order valence-corrected chi connectivity index (χ0v) is 14.3. The Kier molecular flexibility index (Phi) is 3.65. The quantitative estimate of drug-likeness (QED) is 0.830. The summed E-state index contributed by atoms with van der Waals surface area (Å²) in [5, 5.41) is 3.02. The number of fused-ring (bicyclic) bond motifs is 4. The molecule has 0 fully saturated rings. The summed E-state index contributed by atoms with van der Waals surface area (Å²) in [5.74, 6) is 0.0412. The van der Waals surface area contributed by atoms with Crippen LogP contribution in [0.4, 0.5) is 5.69 Å².